The molecule has 0 aliphatic heterocycles. The quantitative estimate of drug-likeness (QED) is 0.520. The van der Waals surface area contributed by atoms with Gasteiger partial charge in [0, 0.05) is 25.7 Å². The summed E-state index contributed by atoms with van der Waals surface area (Å²) in [6.07, 6.45) is 0.857. The first-order valence-electron chi connectivity index (χ1n) is 8.03. The van der Waals surface area contributed by atoms with Gasteiger partial charge in [-0.3, -0.25) is 4.79 Å². The molecule has 2 rings (SSSR count). The van der Waals surface area contributed by atoms with Gasteiger partial charge in [-0.2, -0.15) is 0 Å². The van der Waals surface area contributed by atoms with E-state index in [1.54, 1.807) is 14.0 Å². The molecule has 24 heavy (non-hydrogen) atoms. The average molecular weight is 328 g/mol. The third-order valence-corrected chi connectivity index (χ3v) is 3.68. The molecular formula is C20H24O4. The first-order chi connectivity index (χ1) is 11.5. The fourth-order valence-electron chi connectivity index (χ4n) is 2.67. The van der Waals surface area contributed by atoms with Crippen LogP contribution >= 0.6 is 0 Å². The van der Waals surface area contributed by atoms with E-state index >= 15 is 0 Å². The zero-order valence-electron chi connectivity index (χ0n) is 14.7. The SMILES string of the molecule is COCCCOc1ccc(Oc2cc(C)c(C(C)=O)c(C)c2)cc1. The Bertz CT molecular complexity index is 666. The lowest BCUT2D eigenvalue weighted by molar-refractivity contribution is 0.101. The maximum atomic E-state index is 11.7. The van der Waals surface area contributed by atoms with Crippen LogP contribution in [0.2, 0.25) is 0 Å². The van der Waals surface area contributed by atoms with E-state index in [2.05, 4.69) is 0 Å². The zero-order valence-corrected chi connectivity index (χ0v) is 14.7. The Morgan fingerprint density at radius 3 is 2.04 bits per heavy atom. The van der Waals surface area contributed by atoms with E-state index in [-0.39, 0.29) is 5.78 Å². The van der Waals surface area contributed by atoms with Crippen LogP contribution in [0.1, 0.15) is 34.8 Å². The Kier molecular flexibility index (Phi) is 6.38. The second-order valence-corrected chi connectivity index (χ2v) is 5.76. The van der Waals surface area contributed by atoms with Crippen LogP contribution in [-0.2, 0) is 4.74 Å². The molecule has 0 N–H and O–H groups in total. The van der Waals surface area contributed by atoms with E-state index in [0.717, 1.165) is 40.4 Å². The summed E-state index contributed by atoms with van der Waals surface area (Å²) >= 11 is 0. The standard InChI is InChI=1S/C20H24O4/c1-14-12-19(13-15(2)20(14)16(3)21)24-18-8-6-17(7-9-18)23-11-5-10-22-4/h6-9,12-13H,5,10-11H2,1-4H3. The number of ether oxygens (including phenoxy) is 3. The molecule has 2 aromatic rings. The van der Waals surface area contributed by atoms with Crippen LogP contribution < -0.4 is 9.47 Å². The number of Topliss-reactive ketones (excluding diaryl/α,β-unsaturated/α-hetero) is 1. The smallest absolute Gasteiger partial charge is 0.160 e. The highest BCUT2D eigenvalue weighted by Crippen LogP contribution is 2.28. The summed E-state index contributed by atoms with van der Waals surface area (Å²) in [6, 6.07) is 11.3. The summed E-state index contributed by atoms with van der Waals surface area (Å²) in [6.45, 7) is 6.75. The Morgan fingerprint density at radius 1 is 0.917 bits per heavy atom. The lowest BCUT2D eigenvalue weighted by Gasteiger charge is -2.12. The largest absolute Gasteiger partial charge is 0.494 e. The van der Waals surface area contributed by atoms with Crippen molar-refractivity contribution in [3.05, 3.63) is 53.1 Å². The van der Waals surface area contributed by atoms with Crippen LogP contribution in [0.5, 0.6) is 17.2 Å². The summed E-state index contributed by atoms with van der Waals surface area (Å²) in [7, 11) is 1.68. The zero-order chi connectivity index (χ0) is 17.5. The summed E-state index contributed by atoms with van der Waals surface area (Å²) in [5.41, 5.74) is 2.62. The van der Waals surface area contributed by atoms with E-state index < -0.39 is 0 Å². The Balaban J connectivity index is 2.02. The molecule has 0 amide bonds. The van der Waals surface area contributed by atoms with Gasteiger partial charge >= 0.3 is 0 Å². The van der Waals surface area contributed by atoms with Crippen LogP contribution in [-0.4, -0.2) is 26.1 Å². The molecular weight excluding hydrogens is 304 g/mol. The second-order valence-electron chi connectivity index (χ2n) is 5.76. The fourth-order valence-corrected chi connectivity index (χ4v) is 2.67. The van der Waals surface area contributed by atoms with Crippen LogP contribution in [0.3, 0.4) is 0 Å². The fraction of sp³-hybridized carbons (Fsp3) is 0.350. The van der Waals surface area contributed by atoms with Gasteiger partial charge in [-0.05, 0) is 68.3 Å². The number of carbonyl (C=O) groups is 1. The van der Waals surface area contributed by atoms with Gasteiger partial charge in [-0.25, -0.2) is 0 Å². The van der Waals surface area contributed by atoms with Crippen molar-refractivity contribution in [3.8, 4) is 17.2 Å². The van der Waals surface area contributed by atoms with Crippen LogP contribution in [0, 0.1) is 13.8 Å². The van der Waals surface area contributed by atoms with Gasteiger partial charge < -0.3 is 14.2 Å². The van der Waals surface area contributed by atoms with Crippen molar-refractivity contribution in [2.75, 3.05) is 20.3 Å². The van der Waals surface area contributed by atoms with Crippen molar-refractivity contribution in [2.45, 2.75) is 27.2 Å². The number of hydrogen-bond donors (Lipinski definition) is 0. The molecule has 0 spiro atoms. The molecule has 0 fully saturated rings. The summed E-state index contributed by atoms with van der Waals surface area (Å²) in [5, 5.41) is 0. The molecule has 2 aromatic carbocycles. The van der Waals surface area contributed by atoms with Gasteiger partial charge in [0.25, 0.3) is 0 Å². The molecule has 0 bridgehead atoms. The van der Waals surface area contributed by atoms with Gasteiger partial charge in [0.1, 0.15) is 17.2 Å². The predicted molar refractivity (Wildman–Crippen MR) is 94.4 cm³/mol. The van der Waals surface area contributed by atoms with E-state index in [0.29, 0.717) is 13.2 Å². The lowest BCUT2D eigenvalue weighted by atomic mass is 9.99. The normalized spacial score (nSPS) is 10.5. The first-order valence-corrected chi connectivity index (χ1v) is 8.03. The predicted octanol–water partition coefficient (Wildman–Crippen LogP) is 4.71. The lowest BCUT2D eigenvalue weighted by Crippen LogP contribution is -2.01. The monoisotopic (exact) mass is 328 g/mol. The number of hydrogen-bond acceptors (Lipinski definition) is 4. The molecule has 0 unspecified atom stereocenters. The molecule has 0 aliphatic rings. The second kappa shape index (κ2) is 8.50. The summed E-state index contributed by atoms with van der Waals surface area (Å²) in [4.78, 5) is 11.7. The van der Waals surface area contributed by atoms with Gasteiger partial charge in [0.05, 0.1) is 6.61 Å². The Labute approximate surface area is 143 Å². The van der Waals surface area contributed by atoms with Crippen molar-refractivity contribution < 1.29 is 19.0 Å². The number of ketones is 1. The number of rotatable bonds is 8. The minimum atomic E-state index is 0.0755. The molecule has 0 atom stereocenters. The van der Waals surface area contributed by atoms with E-state index in [1.165, 1.54) is 0 Å². The van der Waals surface area contributed by atoms with Crippen molar-refractivity contribution in [3.63, 3.8) is 0 Å². The minimum Gasteiger partial charge on any atom is -0.494 e. The van der Waals surface area contributed by atoms with E-state index in [9.17, 15) is 4.79 Å². The molecule has 0 radical (unpaired) electrons. The van der Waals surface area contributed by atoms with Gasteiger partial charge in [-0.1, -0.05) is 0 Å². The van der Waals surface area contributed by atoms with Crippen LogP contribution in [0.4, 0.5) is 0 Å². The molecule has 128 valence electrons. The molecule has 0 saturated heterocycles. The van der Waals surface area contributed by atoms with E-state index in [4.69, 9.17) is 14.2 Å². The van der Waals surface area contributed by atoms with Crippen molar-refractivity contribution >= 4 is 5.78 Å². The van der Waals surface area contributed by atoms with Crippen LogP contribution in [0.15, 0.2) is 36.4 Å². The number of aryl methyl sites for hydroxylation is 2. The van der Waals surface area contributed by atoms with Crippen molar-refractivity contribution in [2.24, 2.45) is 0 Å². The average Bonchev–Trinajstić information content (AvgIpc) is 2.52. The molecule has 4 heteroatoms. The highest BCUT2D eigenvalue weighted by Gasteiger charge is 2.10. The molecule has 0 heterocycles. The Hall–Kier alpha value is -2.33. The highest BCUT2D eigenvalue weighted by molar-refractivity contribution is 5.97. The maximum Gasteiger partial charge on any atom is 0.160 e. The minimum absolute atomic E-state index is 0.0755. The topological polar surface area (TPSA) is 44.8 Å². The maximum absolute atomic E-state index is 11.7. The third kappa shape index (κ3) is 4.83. The molecule has 4 nitrogen and oxygen atoms in total. The van der Waals surface area contributed by atoms with Gasteiger partial charge in [-0.15, -0.1) is 0 Å². The van der Waals surface area contributed by atoms with E-state index in [1.807, 2.05) is 50.2 Å². The molecule has 0 aromatic heterocycles. The third-order valence-electron chi connectivity index (χ3n) is 3.68. The van der Waals surface area contributed by atoms with Gasteiger partial charge in [0.2, 0.25) is 0 Å². The molecule has 0 aliphatic carbocycles. The van der Waals surface area contributed by atoms with Crippen molar-refractivity contribution in [1.82, 2.24) is 0 Å². The molecule has 0 saturated carbocycles. The van der Waals surface area contributed by atoms with Crippen molar-refractivity contribution in [1.29, 1.82) is 0 Å². The number of benzene rings is 2. The first kappa shape index (κ1) is 18.0. The Morgan fingerprint density at radius 2 is 1.50 bits per heavy atom. The van der Waals surface area contributed by atoms with Crippen LogP contribution in [0.25, 0.3) is 0 Å². The summed E-state index contributed by atoms with van der Waals surface area (Å²) < 4.78 is 16.5. The number of methoxy groups -OCH3 is 1. The number of carbonyl (C=O) groups excluding carboxylic acids is 1. The summed E-state index contributed by atoms with van der Waals surface area (Å²) in [5.74, 6) is 2.33. The van der Waals surface area contributed by atoms with Gasteiger partial charge in [0.15, 0.2) is 5.78 Å². The highest BCUT2D eigenvalue weighted by atomic mass is 16.5.